The average Bonchev–Trinajstić information content (AvgIpc) is 3.27. The van der Waals surface area contributed by atoms with E-state index in [9.17, 15) is 14.4 Å². The van der Waals surface area contributed by atoms with E-state index in [0.717, 1.165) is 16.5 Å². The molecule has 0 bridgehead atoms. The number of carbonyl (C=O) groups excluding carboxylic acids is 2. The van der Waals surface area contributed by atoms with Crippen molar-refractivity contribution in [2.75, 3.05) is 19.0 Å². The van der Waals surface area contributed by atoms with Crippen LogP contribution in [0, 0.1) is 6.92 Å². The number of rotatable bonds is 8. The van der Waals surface area contributed by atoms with Crippen LogP contribution in [0.3, 0.4) is 0 Å². The SMILES string of the molecule is CCOC(=O)c1c(-c2ccccc2)csc1NC(=O)CCn1c(=O)cc(C)c2cccc(OC)c21. The lowest BCUT2D eigenvalue weighted by Gasteiger charge is -2.15. The quantitative estimate of drug-likeness (QED) is 0.341. The summed E-state index contributed by atoms with van der Waals surface area (Å²) in [7, 11) is 1.55. The first kappa shape index (κ1) is 24.2. The topological polar surface area (TPSA) is 86.6 Å². The molecule has 0 aliphatic rings. The number of anilines is 1. The number of carbonyl (C=O) groups is 2. The van der Waals surface area contributed by atoms with Gasteiger partial charge in [0.15, 0.2) is 0 Å². The summed E-state index contributed by atoms with van der Waals surface area (Å²) in [5.74, 6) is -0.236. The second-order valence-corrected chi connectivity index (χ2v) is 8.79. The van der Waals surface area contributed by atoms with Crippen molar-refractivity contribution in [3.05, 3.63) is 81.5 Å². The lowest BCUT2D eigenvalue weighted by atomic mass is 10.0. The van der Waals surface area contributed by atoms with E-state index in [1.54, 1.807) is 30.7 Å². The zero-order valence-electron chi connectivity index (χ0n) is 19.8. The Hall–Kier alpha value is -3.91. The Labute approximate surface area is 206 Å². The fourth-order valence-electron chi connectivity index (χ4n) is 4.05. The maximum absolute atomic E-state index is 12.9. The molecule has 1 amide bonds. The number of ether oxygens (including phenoxy) is 2. The second-order valence-electron chi connectivity index (χ2n) is 7.91. The molecular weight excluding hydrogens is 464 g/mol. The number of para-hydroxylation sites is 1. The first-order valence-corrected chi connectivity index (χ1v) is 12.1. The lowest BCUT2D eigenvalue weighted by Crippen LogP contribution is -2.24. The minimum absolute atomic E-state index is 0.0386. The van der Waals surface area contributed by atoms with Gasteiger partial charge >= 0.3 is 5.97 Å². The van der Waals surface area contributed by atoms with Gasteiger partial charge in [0, 0.05) is 35.4 Å². The van der Waals surface area contributed by atoms with E-state index in [4.69, 9.17) is 9.47 Å². The summed E-state index contributed by atoms with van der Waals surface area (Å²) >= 11 is 1.27. The molecule has 0 fully saturated rings. The number of thiophene rings is 1. The Balaban J connectivity index is 1.61. The minimum Gasteiger partial charge on any atom is -0.495 e. The van der Waals surface area contributed by atoms with E-state index in [-0.39, 0.29) is 31.0 Å². The van der Waals surface area contributed by atoms with Crippen molar-refractivity contribution in [1.82, 2.24) is 4.57 Å². The highest BCUT2D eigenvalue weighted by Crippen LogP contribution is 2.36. The number of esters is 1. The standard InChI is InChI=1S/C27H26N2O5S/c1-4-34-27(32)24-20(18-9-6-5-7-10-18)16-35-26(24)28-22(30)13-14-29-23(31)15-17(2)19-11-8-12-21(33-3)25(19)29/h5-12,15-16H,4,13-14H2,1-3H3,(H,28,30). The number of hydrogen-bond acceptors (Lipinski definition) is 6. The highest BCUT2D eigenvalue weighted by Gasteiger charge is 2.23. The van der Waals surface area contributed by atoms with Crippen LogP contribution in [0.15, 0.2) is 64.8 Å². The van der Waals surface area contributed by atoms with Crippen molar-refractivity contribution in [2.24, 2.45) is 0 Å². The molecule has 0 unspecified atom stereocenters. The summed E-state index contributed by atoms with van der Waals surface area (Å²) in [5.41, 5.74) is 3.18. The van der Waals surface area contributed by atoms with Gasteiger partial charge in [-0.25, -0.2) is 4.79 Å². The van der Waals surface area contributed by atoms with Crippen LogP contribution in [-0.2, 0) is 16.1 Å². The molecule has 7 nitrogen and oxygen atoms in total. The molecule has 180 valence electrons. The number of methoxy groups -OCH3 is 1. The third-order valence-corrected chi connectivity index (χ3v) is 6.59. The molecule has 0 aliphatic heterocycles. The van der Waals surface area contributed by atoms with Gasteiger partial charge in [0.1, 0.15) is 16.3 Å². The molecule has 2 heterocycles. The molecule has 2 aromatic heterocycles. The first-order chi connectivity index (χ1) is 16.9. The molecule has 35 heavy (non-hydrogen) atoms. The number of nitrogens with one attached hydrogen (secondary N) is 1. The van der Waals surface area contributed by atoms with Crippen LogP contribution in [0.1, 0.15) is 29.3 Å². The van der Waals surface area contributed by atoms with E-state index >= 15 is 0 Å². The number of nitrogens with zero attached hydrogens (tertiary/aromatic N) is 1. The summed E-state index contributed by atoms with van der Waals surface area (Å²) in [4.78, 5) is 38.5. The Kier molecular flexibility index (Phi) is 7.31. The van der Waals surface area contributed by atoms with E-state index in [1.165, 1.54) is 11.3 Å². The zero-order chi connectivity index (χ0) is 24.9. The normalized spacial score (nSPS) is 10.8. The lowest BCUT2D eigenvalue weighted by molar-refractivity contribution is -0.116. The molecule has 4 aromatic rings. The molecule has 0 aliphatic carbocycles. The number of aromatic nitrogens is 1. The van der Waals surface area contributed by atoms with Gasteiger partial charge in [-0.05, 0) is 31.0 Å². The fourth-order valence-corrected chi connectivity index (χ4v) is 5.02. The second kappa shape index (κ2) is 10.6. The number of amides is 1. The van der Waals surface area contributed by atoms with Crippen molar-refractivity contribution in [3.8, 4) is 16.9 Å². The Morgan fingerprint density at radius 1 is 1.09 bits per heavy atom. The predicted molar refractivity (Wildman–Crippen MR) is 138 cm³/mol. The molecule has 8 heteroatoms. The minimum atomic E-state index is -0.492. The monoisotopic (exact) mass is 490 g/mol. The number of benzene rings is 2. The third-order valence-electron chi connectivity index (χ3n) is 5.69. The van der Waals surface area contributed by atoms with E-state index < -0.39 is 5.97 Å². The molecule has 0 spiro atoms. The van der Waals surface area contributed by atoms with Crippen LogP contribution in [0.2, 0.25) is 0 Å². The Bertz CT molecular complexity index is 1440. The number of pyridine rings is 1. The van der Waals surface area contributed by atoms with Gasteiger partial charge in [0.2, 0.25) is 5.91 Å². The van der Waals surface area contributed by atoms with E-state index in [0.29, 0.717) is 27.4 Å². The fraction of sp³-hybridized carbons (Fsp3) is 0.222. The van der Waals surface area contributed by atoms with Crippen molar-refractivity contribution < 1.29 is 19.1 Å². The smallest absolute Gasteiger partial charge is 0.341 e. The first-order valence-electron chi connectivity index (χ1n) is 11.3. The summed E-state index contributed by atoms with van der Waals surface area (Å²) in [6.07, 6.45) is 0.0386. The molecular formula is C27H26N2O5S. The molecule has 0 saturated heterocycles. The van der Waals surface area contributed by atoms with Crippen molar-refractivity contribution in [1.29, 1.82) is 0 Å². The van der Waals surface area contributed by atoms with E-state index in [2.05, 4.69) is 5.32 Å². The number of fused-ring (bicyclic) bond motifs is 1. The number of aryl methyl sites for hydroxylation is 2. The highest BCUT2D eigenvalue weighted by molar-refractivity contribution is 7.15. The summed E-state index contributed by atoms with van der Waals surface area (Å²) in [6, 6.07) is 16.6. The zero-order valence-corrected chi connectivity index (χ0v) is 20.6. The van der Waals surface area contributed by atoms with Crippen molar-refractivity contribution >= 4 is 39.1 Å². The highest BCUT2D eigenvalue weighted by atomic mass is 32.1. The summed E-state index contributed by atoms with van der Waals surface area (Å²) in [5, 5.41) is 5.99. The van der Waals surface area contributed by atoms with E-state index in [1.807, 2.05) is 54.8 Å². The summed E-state index contributed by atoms with van der Waals surface area (Å²) < 4.78 is 12.3. The molecule has 0 saturated carbocycles. The van der Waals surface area contributed by atoms with Crippen LogP contribution in [0.5, 0.6) is 5.75 Å². The summed E-state index contributed by atoms with van der Waals surface area (Å²) in [6.45, 7) is 4.00. The van der Waals surface area contributed by atoms with Crippen LogP contribution in [0.4, 0.5) is 5.00 Å². The predicted octanol–water partition coefficient (Wildman–Crippen LogP) is 5.25. The molecule has 1 N–H and O–H groups in total. The van der Waals surface area contributed by atoms with Gasteiger partial charge in [-0.2, -0.15) is 0 Å². The van der Waals surface area contributed by atoms with Gasteiger partial charge in [-0.1, -0.05) is 42.5 Å². The molecule has 4 rings (SSSR count). The maximum atomic E-state index is 12.9. The molecule has 2 aromatic carbocycles. The maximum Gasteiger partial charge on any atom is 0.341 e. The molecule has 0 atom stereocenters. The van der Waals surface area contributed by atoms with Gasteiger partial charge in [0.25, 0.3) is 5.56 Å². The van der Waals surface area contributed by atoms with Gasteiger partial charge in [-0.15, -0.1) is 11.3 Å². The van der Waals surface area contributed by atoms with Gasteiger partial charge < -0.3 is 19.4 Å². The van der Waals surface area contributed by atoms with Crippen molar-refractivity contribution in [3.63, 3.8) is 0 Å². The molecule has 0 radical (unpaired) electrons. The largest absolute Gasteiger partial charge is 0.495 e. The Morgan fingerprint density at radius 3 is 2.57 bits per heavy atom. The van der Waals surface area contributed by atoms with Crippen molar-refractivity contribution in [2.45, 2.75) is 26.8 Å². The third kappa shape index (κ3) is 4.97. The van der Waals surface area contributed by atoms with Gasteiger partial charge in [0.05, 0.1) is 19.2 Å². The van der Waals surface area contributed by atoms with Gasteiger partial charge in [-0.3, -0.25) is 9.59 Å². The van der Waals surface area contributed by atoms with Crippen LogP contribution < -0.4 is 15.6 Å². The van der Waals surface area contributed by atoms with Crippen LogP contribution in [0.25, 0.3) is 22.0 Å². The average molecular weight is 491 g/mol. The van der Waals surface area contributed by atoms with Crippen LogP contribution >= 0.6 is 11.3 Å². The van der Waals surface area contributed by atoms with Crippen LogP contribution in [-0.4, -0.2) is 30.2 Å². The Morgan fingerprint density at radius 2 is 1.86 bits per heavy atom. The number of hydrogen-bond donors (Lipinski definition) is 1.